The predicted octanol–water partition coefficient (Wildman–Crippen LogP) is 3.42. The summed E-state index contributed by atoms with van der Waals surface area (Å²) in [5.41, 5.74) is 4.03. The standard InChI is InChI=1S/C18H26N2O/c1-13(18(21)20-15-9-3-4-10-15)19-17-12-6-8-14-7-2-5-11-16(14)17/h6,8,12-13,15,19H,2-5,7,9-11H2,1H3,(H,20,21). The molecule has 0 aromatic heterocycles. The van der Waals surface area contributed by atoms with E-state index in [2.05, 4.69) is 28.8 Å². The molecule has 3 nitrogen and oxygen atoms in total. The van der Waals surface area contributed by atoms with Crippen LogP contribution in [-0.2, 0) is 17.6 Å². The van der Waals surface area contributed by atoms with Crippen LogP contribution in [0.5, 0.6) is 0 Å². The molecule has 1 amide bonds. The third kappa shape index (κ3) is 3.39. The van der Waals surface area contributed by atoms with Crippen molar-refractivity contribution in [1.82, 2.24) is 5.32 Å². The Morgan fingerprint density at radius 2 is 1.90 bits per heavy atom. The van der Waals surface area contributed by atoms with E-state index in [0.717, 1.165) is 24.9 Å². The van der Waals surface area contributed by atoms with Crippen LogP contribution in [0, 0.1) is 0 Å². The minimum atomic E-state index is -0.168. The van der Waals surface area contributed by atoms with Crippen molar-refractivity contribution in [1.29, 1.82) is 0 Å². The Hall–Kier alpha value is -1.51. The van der Waals surface area contributed by atoms with Crippen LogP contribution < -0.4 is 10.6 Å². The fourth-order valence-corrected chi connectivity index (χ4v) is 3.61. The van der Waals surface area contributed by atoms with E-state index in [4.69, 9.17) is 0 Å². The van der Waals surface area contributed by atoms with E-state index in [-0.39, 0.29) is 11.9 Å². The van der Waals surface area contributed by atoms with Gasteiger partial charge in [0.15, 0.2) is 0 Å². The second kappa shape index (κ2) is 6.50. The summed E-state index contributed by atoms with van der Waals surface area (Å²) in [6, 6.07) is 6.67. The molecular formula is C18H26N2O. The lowest BCUT2D eigenvalue weighted by molar-refractivity contribution is -0.122. The Morgan fingerprint density at radius 3 is 2.71 bits per heavy atom. The Bertz CT molecular complexity index is 506. The van der Waals surface area contributed by atoms with Crippen LogP contribution in [0.2, 0.25) is 0 Å². The monoisotopic (exact) mass is 286 g/mol. The number of aryl methyl sites for hydroxylation is 1. The van der Waals surface area contributed by atoms with Crippen molar-refractivity contribution in [2.45, 2.75) is 70.4 Å². The minimum Gasteiger partial charge on any atom is -0.374 e. The highest BCUT2D eigenvalue weighted by atomic mass is 16.2. The van der Waals surface area contributed by atoms with Crippen LogP contribution in [-0.4, -0.2) is 18.0 Å². The van der Waals surface area contributed by atoms with Crippen molar-refractivity contribution in [2.24, 2.45) is 0 Å². The first-order valence-electron chi connectivity index (χ1n) is 8.42. The molecule has 0 heterocycles. The Morgan fingerprint density at radius 1 is 1.14 bits per heavy atom. The number of carbonyl (C=O) groups excluding carboxylic acids is 1. The van der Waals surface area contributed by atoms with Crippen LogP contribution >= 0.6 is 0 Å². The highest BCUT2D eigenvalue weighted by Crippen LogP contribution is 2.28. The average Bonchev–Trinajstić information content (AvgIpc) is 3.00. The molecule has 0 radical (unpaired) electrons. The van der Waals surface area contributed by atoms with Crippen LogP contribution in [0.15, 0.2) is 18.2 Å². The molecule has 0 bridgehead atoms. The number of benzene rings is 1. The topological polar surface area (TPSA) is 41.1 Å². The predicted molar refractivity (Wildman–Crippen MR) is 86.6 cm³/mol. The molecule has 114 valence electrons. The van der Waals surface area contributed by atoms with E-state index in [9.17, 15) is 4.79 Å². The maximum absolute atomic E-state index is 12.3. The van der Waals surface area contributed by atoms with E-state index in [1.165, 1.54) is 43.2 Å². The number of hydrogen-bond acceptors (Lipinski definition) is 2. The Kier molecular flexibility index (Phi) is 4.47. The van der Waals surface area contributed by atoms with Gasteiger partial charge in [0.2, 0.25) is 5.91 Å². The largest absolute Gasteiger partial charge is 0.374 e. The quantitative estimate of drug-likeness (QED) is 0.890. The first-order valence-corrected chi connectivity index (χ1v) is 8.42. The summed E-state index contributed by atoms with van der Waals surface area (Å²) in [6.07, 6.45) is 9.63. The summed E-state index contributed by atoms with van der Waals surface area (Å²) in [5, 5.41) is 6.61. The number of nitrogens with one attached hydrogen (secondary N) is 2. The summed E-state index contributed by atoms with van der Waals surface area (Å²) < 4.78 is 0. The van der Waals surface area contributed by atoms with Crippen molar-refractivity contribution < 1.29 is 4.79 Å². The molecule has 2 aliphatic carbocycles. The summed E-state index contributed by atoms with van der Waals surface area (Å²) in [5.74, 6) is 0.135. The third-order valence-corrected chi connectivity index (χ3v) is 4.86. The lowest BCUT2D eigenvalue weighted by Crippen LogP contribution is -2.42. The van der Waals surface area contributed by atoms with Gasteiger partial charge in [-0.05, 0) is 62.6 Å². The molecule has 0 saturated heterocycles. The van der Waals surface area contributed by atoms with Crippen molar-refractivity contribution in [2.75, 3.05) is 5.32 Å². The summed E-state index contributed by atoms with van der Waals surface area (Å²) in [6.45, 7) is 1.96. The molecule has 3 rings (SSSR count). The maximum atomic E-state index is 12.3. The number of amides is 1. The SMILES string of the molecule is CC(Nc1cccc2c1CCCC2)C(=O)NC1CCCC1. The van der Waals surface area contributed by atoms with E-state index < -0.39 is 0 Å². The van der Waals surface area contributed by atoms with Crippen molar-refractivity contribution in [3.05, 3.63) is 29.3 Å². The molecule has 0 aliphatic heterocycles. The van der Waals surface area contributed by atoms with Gasteiger partial charge < -0.3 is 10.6 Å². The van der Waals surface area contributed by atoms with Gasteiger partial charge in [0.1, 0.15) is 6.04 Å². The van der Waals surface area contributed by atoms with Gasteiger partial charge in [0, 0.05) is 11.7 Å². The number of rotatable bonds is 4. The molecule has 3 heteroatoms. The van der Waals surface area contributed by atoms with E-state index >= 15 is 0 Å². The first-order chi connectivity index (χ1) is 10.2. The Balaban J connectivity index is 1.64. The van der Waals surface area contributed by atoms with Gasteiger partial charge in [-0.25, -0.2) is 0 Å². The Labute approximate surface area is 127 Å². The highest BCUT2D eigenvalue weighted by Gasteiger charge is 2.21. The fourth-order valence-electron chi connectivity index (χ4n) is 3.61. The number of hydrogen-bond donors (Lipinski definition) is 2. The molecule has 1 fully saturated rings. The molecule has 21 heavy (non-hydrogen) atoms. The molecule has 1 aromatic rings. The second-order valence-electron chi connectivity index (χ2n) is 6.51. The molecule has 1 aromatic carbocycles. The molecule has 0 spiro atoms. The summed E-state index contributed by atoms with van der Waals surface area (Å²) >= 11 is 0. The van der Waals surface area contributed by atoms with Crippen molar-refractivity contribution in [3.8, 4) is 0 Å². The zero-order valence-corrected chi connectivity index (χ0v) is 13.0. The molecule has 1 atom stereocenters. The van der Waals surface area contributed by atoms with Crippen molar-refractivity contribution >= 4 is 11.6 Å². The lowest BCUT2D eigenvalue weighted by atomic mass is 9.90. The molecule has 1 unspecified atom stereocenters. The first kappa shape index (κ1) is 14.4. The van der Waals surface area contributed by atoms with Gasteiger partial charge in [-0.15, -0.1) is 0 Å². The van der Waals surface area contributed by atoms with Gasteiger partial charge in [0.05, 0.1) is 0 Å². The molecule has 2 N–H and O–H groups in total. The normalized spacial score (nSPS) is 19.9. The zero-order chi connectivity index (χ0) is 14.7. The van der Waals surface area contributed by atoms with E-state index in [1.54, 1.807) is 0 Å². The molecule has 2 aliphatic rings. The van der Waals surface area contributed by atoms with Gasteiger partial charge in [-0.2, -0.15) is 0 Å². The lowest BCUT2D eigenvalue weighted by Gasteiger charge is -2.23. The fraction of sp³-hybridized carbons (Fsp3) is 0.611. The van der Waals surface area contributed by atoms with E-state index in [1.807, 2.05) is 6.92 Å². The van der Waals surface area contributed by atoms with Gasteiger partial charge in [-0.3, -0.25) is 4.79 Å². The number of anilines is 1. The van der Waals surface area contributed by atoms with Gasteiger partial charge in [0.25, 0.3) is 0 Å². The summed E-state index contributed by atoms with van der Waals surface area (Å²) in [7, 11) is 0. The van der Waals surface area contributed by atoms with E-state index in [0.29, 0.717) is 6.04 Å². The van der Waals surface area contributed by atoms with Gasteiger partial charge >= 0.3 is 0 Å². The zero-order valence-electron chi connectivity index (χ0n) is 13.0. The smallest absolute Gasteiger partial charge is 0.242 e. The molecular weight excluding hydrogens is 260 g/mol. The minimum absolute atomic E-state index is 0.135. The van der Waals surface area contributed by atoms with Crippen molar-refractivity contribution in [3.63, 3.8) is 0 Å². The number of carbonyl (C=O) groups is 1. The van der Waals surface area contributed by atoms with Crippen LogP contribution in [0.1, 0.15) is 56.6 Å². The maximum Gasteiger partial charge on any atom is 0.242 e. The highest BCUT2D eigenvalue weighted by molar-refractivity contribution is 5.84. The second-order valence-corrected chi connectivity index (χ2v) is 6.51. The van der Waals surface area contributed by atoms with Crippen LogP contribution in [0.4, 0.5) is 5.69 Å². The number of fused-ring (bicyclic) bond motifs is 1. The van der Waals surface area contributed by atoms with Crippen LogP contribution in [0.25, 0.3) is 0 Å². The molecule has 1 saturated carbocycles. The summed E-state index contributed by atoms with van der Waals surface area (Å²) in [4.78, 5) is 12.3. The van der Waals surface area contributed by atoms with Gasteiger partial charge in [-0.1, -0.05) is 25.0 Å². The van der Waals surface area contributed by atoms with Crippen LogP contribution in [0.3, 0.4) is 0 Å². The third-order valence-electron chi connectivity index (χ3n) is 4.86. The average molecular weight is 286 g/mol.